The van der Waals surface area contributed by atoms with Gasteiger partial charge in [0.25, 0.3) is 0 Å². The number of thiocarbonyl (C=S) groups is 1. The van der Waals surface area contributed by atoms with Crippen LogP contribution in [0.1, 0.15) is 80.0 Å². The van der Waals surface area contributed by atoms with Gasteiger partial charge in [-0.15, -0.1) is 0 Å². The lowest BCUT2D eigenvalue weighted by atomic mass is 9.79. The molecule has 0 radical (unpaired) electrons. The van der Waals surface area contributed by atoms with E-state index in [-0.39, 0.29) is 63.0 Å². The van der Waals surface area contributed by atoms with Crippen LogP contribution in [0.4, 0.5) is 4.79 Å². The number of aliphatic hydroxyl groups excluding tert-OH is 12. The number of urea groups is 1. The molecule has 2 aromatic carbocycles. The molecule has 6 saturated heterocycles. The van der Waals surface area contributed by atoms with Gasteiger partial charge >= 0.3 is 6.03 Å². The van der Waals surface area contributed by atoms with E-state index >= 15 is 0 Å². The molecule has 3 amide bonds. The van der Waals surface area contributed by atoms with E-state index in [9.17, 15) is 70.9 Å². The van der Waals surface area contributed by atoms with Crippen molar-refractivity contribution < 1.29 is 128 Å². The van der Waals surface area contributed by atoms with E-state index in [0.29, 0.717) is 75.0 Å². The number of hydrogen-bond acceptors (Lipinski definition) is 42. The van der Waals surface area contributed by atoms with Gasteiger partial charge in [-0.1, -0.05) is 48.9 Å². The number of nitrogens with zero attached hydrogens (tertiary/aromatic N) is 1. The molecular weight excluding hydrogens is 1760 g/mol. The third-order valence-electron chi connectivity index (χ3n) is 26.1. The number of benzene rings is 2. The molecule has 6 aliphatic heterocycles. The molecule has 44 nitrogen and oxygen atoms in total. The van der Waals surface area contributed by atoms with Crippen molar-refractivity contribution in [3.8, 4) is 0 Å². The standard InChI is InChI=1S/C83H142N18O26S3/c84-30-45-60(105)64(109)54(92)76(116-45)122-70-43(90)28-41(88)58(103)74(70)126-80-68(113)72(124-78-56(94)66(111)62(107)47(32-86)118-78)49(120-80)34-129-25-20-98-82(115)97-18-3-5-23-101(22-4-1-2-17-96-51(102)16-15-38-27-39-11-6-9-36-13-14-37-10-7-12-40(38)53(37)52(36)39)24-8-19-99-83(128)100-21-26-130-35-50-73(125-79-57(95)67(112)63(108)48(33-87)119-79)69(114)81(121-50)127-75-59(104)42(89)29-44(91)71(75)123-77-55(93)65(110)61(106)46(31-85)117-77/h6-7,9-11,14,27,41-50,54-81,103-114H,1-5,8,12-13,15-26,28-35,84-95H2,(H,96,102)(H2,97,98,115)(H2,99,100,128)/t41-,42-,43?,44?,45?,46?,47+,48+,49-,50-,54?,55?,56?,57?,58?,59?,60-,61-,62-,63-,64-,65-,66?,67?,68+,69+,70-,71-,72+,73+,74-,75-,76+,77+,78-,79-,80?,81?/m1/s1. The Balaban J connectivity index is 0.610. The number of carbonyl (C=O) groups excluding carboxylic acids is 2. The lowest BCUT2D eigenvalue weighted by Crippen LogP contribution is -2.68. The summed E-state index contributed by atoms with van der Waals surface area (Å²) in [4.78, 5) is 29.0. The molecule has 2 saturated carbocycles. The van der Waals surface area contributed by atoms with Crippen molar-refractivity contribution in [2.75, 3.05) is 102 Å². The summed E-state index contributed by atoms with van der Waals surface area (Å²) in [6.07, 6.45) is -26.6. The third kappa shape index (κ3) is 25.7. The van der Waals surface area contributed by atoms with Crippen molar-refractivity contribution in [3.05, 3.63) is 64.7 Å². The summed E-state index contributed by atoms with van der Waals surface area (Å²) < 4.78 is 74.0. The van der Waals surface area contributed by atoms with Crippen LogP contribution in [-0.2, 0) is 80.9 Å². The van der Waals surface area contributed by atoms with Crippen molar-refractivity contribution in [1.82, 2.24) is 31.5 Å². The highest BCUT2D eigenvalue weighted by atomic mass is 32.2. The van der Waals surface area contributed by atoms with Crippen molar-refractivity contribution in [2.45, 2.75) is 310 Å². The van der Waals surface area contributed by atoms with E-state index in [1.54, 1.807) is 0 Å². The first-order valence-corrected chi connectivity index (χ1v) is 48.1. The molecule has 14 unspecified atom stereocenters. The molecule has 41 N–H and O–H groups in total. The molecule has 738 valence electrons. The normalized spacial score (nSPS) is 39.6. The van der Waals surface area contributed by atoms with Gasteiger partial charge in [-0.3, -0.25) is 4.79 Å². The number of unbranched alkanes of at least 4 members (excludes halogenated alkanes) is 3. The molecule has 0 aromatic heterocycles. The summed E-state index contributed by atoms with van der Waals surface area (Å²) in [5, 5.41) is 151. The van der Waals surface area contributed by atoms with Gasteiger partial charge in [0.2, 0.25) is 5.91 Å². The number of hydrogen-bond donors (Lipinski definition) is 29. The third-order valence-corrected chi connectivity index (χ3v) is 28.5. The van der Waals surface area contributed by atoms with Crippen LogP contribution in [0.2, 0.25) is 0 Å². The molecule has 4 aliphatic carbocycles. The van der Waals surface area contributed by atoms with Gasteiger partial charge in [-0.25, -0.2) is 4.79 Å². The SMILES string of the molecule is NCC1O[C@@H](O[C@@H]2C(N)C[C@@H](N)C(O)[C@H]2OC2O[C@H](CSCCNC(=O)NCCCCN(CCCCCNC(=O)CCc3cc4cccc5c4c4c3CC=CC4=CC5)CCCNC(=S)NCCSC[C@H]3OC(O[C@@H]4C(O)[C@H](N)CC(N)[C@H]4O[C@@H]4OC(CN)[C@@H](O)[C@H](O)C4N)[C@@H](O)[C@H]3O[C@H]3O[C@@H](CN)[C@@H](O)C(O)C3N)[C@H](O[C@H]3O[C@@H](CN)[C@@H](O)C(O)C3N)[C@@H]2O)C(N)[C@@H](O)[C@@H]1O. The maximum Gasteiger partial charge on any atom is 0.314 e. The Morgan fingerprint density at radius 3 is 1.33 bits per heavy atom. The maximum atomic E-state index is 13.4. The fourth-order valence-electron chi connectivity index (χ4n) is 18.5. The fraction of sp³-hybridized carbons (Fsp3) is 0.795. The highest BCUT2D eigenvalue weighted by Gasteiger charge is 2.58. The zero-order valence-corrected chi connectivity index (χ0v) is 75.4. The molecule has 130 heavy (non-hydrogen) atoms. The minimum atomic E-state index is -1.64. The van der Waals surface area contributed by atoms with E-state index in [1.807, 2.05) is 0 Å². The summed E-state index contributed by atoms with van der Waals surface area (Å²) in [7, 11) is 0. The van der Waals surface area contributed by atoms with Crippen LogP contribution in [0, 0.1) is 0 Å². The molecule has 47 heteroatoms. The Bertz CT molecular complexity index is 3960. The molecule has 6 heterocycles. The van der Waals surface area contributed by atoms with Crippen LogP contribution in [-0.4, -0.2) is 417 Å². The molecule has 38 atom stereocenters. The predicted molar refractivity (Wildman–Crippen MR) is 481 cm³/mol. The van der Waals surface area contributed by atoms with Gasteiger partial charge in [-0.05, 0) is 135 Å². The Labute approximate surface area is 769 Å². The summed E-state index contributed by atoms with van der Waals surface area (Å²) in [6.45, 7) is 3.42. The van der Waals surface area contributed by atoms with Gasteiger partial charge in [0.05, 0.1) is 48.6 Å². The average Bonchev–Trinajstić information content (AvgIpc) is 1.35. The van der Waals surface area contributed by atoms with Crippen molar-refractivity contribution in [1.29, 1.82) is 0 Å². The Hall–Kier alpha value is -4.17. The molecule has 0 spiro atoms. The molecule has 12 rings (SSSR count). The van der Waals surface area contributed by atoms with Gasteiger partial charge in [0.15, 0.2) is 42.9 Å². The lowest BCUT2D eigenvalue weighted by Gasteiger charge is -2.47. The van der Waals surface area contributed by atoms with Crippen molar-refractivity contribution >= 4 is 69.1 Å². The van der Waals surface area contributed by atoms with Crippen LogP contribution < -0.4 is 95.4 Å². The topological polar surface area (TPSA) is 763 Å². The maximum absolute atomic E-state index is 13.4. The van der Waals surface area contributed by atoms with E-state index in [2.05, 4.69) is 74.0 Å². The number of thioether (sulfide) groups is 2. The predicted octanol–water partition coefficient (Wildman–Crippen LogP) is -10.9. The monoisotopic (exact) mass is 1900 g/mol. The minimum absolute atomic E-state index is 0.0129. The smallest absolute Gasteiger partial charge is 0.314 e. The van der Waals surface area contributed by atoms with E-state index in [0.717, 1.165) is 51.6 Å². The summed E-state index contributed by atoms with van der Waals surface area (Å²) in [5.74, 6) is 1.10. The number of amides is 3. The number of nitrogens with one attached hydrogen (secondary N) is 5. The summed E-state index contributed by atoms with van der Waals surface area (Å²) in [6, 6.07) is -0.582. The molecule has 8 fully saturated rings. The zero-order chi connectivity index (χ0) is 93.5. The number of aliphatic hydroxyl groups is 12. The molecule has 2 aromatic rings. The van der Waals surface area contributed by atoms with Gasteiger partial charge in [0, 0.05) is 113 Å². The summed E-state index contributed by atoms with van der Waals surface area (Å²) >= 11 is 8.47. The van der Waals surface area contributed by atoms with Gasteiger partial charge in [-0.2, -0.15) is 23.5 Å². The van der Waals surface area contributed by atoms with Crippen LogP contribution in [0.3, 0.4) is 0 Å². The largest absolute Gasteiger partial charge is 0.389 e. The highest BCUT2D eigenvalue weighted by Crippen LogP contribution is 2.43. The first kappa shape index (κ1) is 105. The first-order valence-electron chi connectivity index (χ1n) is 45.3. The number of rotatable bonds is 44. The van der Waals surface area contributed by atoms with Crippen LogP contribution in [0.15, 0.2) is 42.5 Å². The second-order valence-corrected chi connectivity index (χ2v) is 38.0. The second kappa shape index (κ2) is 49.4. The van der Waals surface area contributed by atoms with E-state index < -0.39 is 239 Å². The van der Waals surface area contributed by atoms with Crippen LogP contribution >= 0.6 is 35.7 Å². The molecule has 0 bridgehead atoms. The number of ether oxygens (including phenoxy) is 12. The van der Waals surface area contributed by atoms with Gasteiger partial charge < -0.3 is 218 Å². The fourth-order valence-corrected chi connectivity index (χ4v) is 20.5. The Kier molecular flexibility index (Phi) is 39.8. The quantitative estimate of drug-likeness (QED) is 0.0216. The van der Waals surface area contributed by atoms with Crippen molar-refractivity contribution in [2.24, 2.45) is 68.8 Å². The average molecular weight is 1900 g/mol. The van der Waals surface area contributed by atoms with E-state index in [1.165, 1.54) is 62.1 Å². The first-order chi connectivity index (χ1) is 62.3. The highest BCUT2D eigenvalue weighted by molar-refractivity contribution is 7.99. The number of aryl methyl sites for hydroxylation is 1. The number of carbonyl (C=O) groups is 2. The van der Waals surface area contributed by atoms with Crippen LogP contribution in [0.5, 0.6) is 0 Å². The zero-order valence-electron chi connectivity index (χ0n) is 73.0. The Morgan fingerprint density at radius 1 is 0.438 bits per heavy atom. The molecular formula is C83H142N18O26S3. The van der Waals surface area contributed by atoms with E-state index in [4.69, 9.17) is 138 Å². The van der Waals surface area contributed by atoms with Crippen LogP contribution in [0.25, 0.3) is 16.3 Å². The number of allylic oxidation sites excluding steroid dienone is 4. The lowest BCUT2D eigenvalue weighted by molar-refractivity contribution is -0.306. The Morgan fingerprint density at radius 2 is 0.846 bits per heavy atom. The number of nitrogens with two attached hydrogens (primary N) is 12. The van der Waals surface area contributed by atoms with Crippen molar-refractivity contribution in [3.63, 3.8) is 0 Å². The minimum Gasteiger partial charge on any atom is -0.389 e. The summed E-state index contributed by atoms with van der Waals surface area (Å²) in [5.41, 5.74) is 80.9. The molecule has 10 aliphatic rings. The second-order valence-electron chi connectivity index (χ2n) is 35.3. The van der Waals surface area contributed by atoms with Gasteiger partial charge in [0.1, 0.15) is 122 Å².